The van der Waals surface area contributed by atoms with Crippen molar-refractivity contribution in [1.29, 1.82) is 0 Å². The number of aryl methyl sites for hydroxylation is 1. The van der Waals surface area contributed by atoms with Gasteiger partial charge in [0.25, 0.3) is 0 Å². The van der Waals surface area contributed by atoms with Gasteiger partial charge < -0.3 is 5.32 Å². The van der Waals surface area contributed by atoms with E-state index in [-0.39, 0.29) is 11.2 Å². The minimum absolute atomic E-state index is 0.281. The monoisotopic (exact) mass is 381 g/mol. The van der Waals surface area contributed by atoms with Gasteiger partial charge in [0.15, 0.2) is 5.82 Å². The molecule has 1 aliphatic rings. The second-order valence-corrected chi connectivity index (χ2v) is 6.97. The molecule has 0 aromatic carbocycles. The van der Waals surface area contributed by atoms with Gasteiger partial charge in [-0.05, 0) is 31.9 Å². The van der Waals surface area contributed by atoms with Gasteiger partial charge in [-0.2, -0.15) is 5.10 Å². The van der Waals surface area contributed by atoms with Gasteiger partial charge >= 0.3 is 0 Å². The number of pyridine rings is 1. The van der Waals surface area contributed by atoms with E-state index in [2.05, 4.69) is 30.5 Å². The molecule has 1 saturated carbocycles. The van der Waals surface area contributed by atoms with Crippen LogP contribution in [0.4, 0.5) is 21.8 Å². The number of anilines is 3. The van der Waals surface area contributed by atoms with Crippen LogP contribution < -0.4 is 10.2 Å². The van der Waals surface area contributed by atoms with E-state index in [0.717, 1.165) is 25.0 Å². The fourth-order valence-electron chi connectivity index (χ4n) is 3.44. The number of aromatic nitrogens is 5. The predicted octanol–water partition coefficient (Wildman–Crippen LogP) is 2.87. The first kappa shape index (κ1) is 18.0. The Labute approximate surface area is 161 Å². The Morgan fingerprint density at radius 2 is 2.11 bits per heavy atom. The zero-order valence-electron chi connectivity index (χ0n) is 15.4. The molecule has 3 aromatic rings. The van der Waals surface area contributed by atoms with E-state index in [0.29, 0.717) is 36.1 Å². The molecular formula is C19H20FN7O. The van der Waals surface area contributed by atoms with Crippen LogP contribution in [0.3, 0.4) is 0 Å². The van der Waals surface area contributed by atoms with Crippen LogP contribution in [0.15, 0.2) is 36.8 Å². The lowest BCUT2D eigenvalue weighted by molar-refractivity contribution is -0.106. The summed E-state index contributed by atoms with van der Waals surface area (Å²) in [5, 5.41) is 10.0. The summed E-state index contributed by atoms with van der Waals surface area (Å²) in [6, 6.07) is 4.79. The molecule has 144 valence electrons. The highest BCUT2D eigenvalue weighted by atomic mass is 19.1. The molecule has 0 saturated heterocycles. The van der Waals surface area contributed by atoms with Gasteiger partial charge in [-0.25, -0.2) is 14.4 Å². The SMILES string of the molecule is Cc1cc(N(C=O)c2cnc(NCC3(c4ncccc4F)CCC3)nc2)n[nH]1. The quantitative estimate of drug-likeness (QED) is 0.611. The number of carbonyl (C=O) groups is 1. The number of nitrogens with one attached hydrogen (secondary N) is 2. The fraction of sp³-hybridized carbons (Fsp3) is 0.316. The molecule has 9 heteroatoms. The number of hydrogen-bond donors (Lipinski definition) is 2. The van der Waals surface area contributed by atoms with Crippen LogP contribution >= 0.6 is 0 Å². The van der Waals surface area contributed by atoms with E-state index in [1.807, 2.05) is 6.92 Å². The van der Waals surface area contributed by atoms with Crippen molar-refractivity contribution in [2.45, 2.75) is 31.6 Å². The van der Waals surface area contributed by atoms with Crippen LogP contribution in [0.5, 0.6) is 0 Å². The number of amides is 1. The van der Waals surface area contributed by atoms with Crippen LogP contribution in [0.25, 0.3) is 0 Å². The van der Waals surface area contributed by atoms with Gasteiger partial charge in [-0.3, -0.25) is 19.8 Å². The Kier molecular flexibility index (Phi) is 4.72. The standard InChI is InChI=1S/C19H20FN7O/c1-13-8-16(26-25-13)27(12-28)14-9-22-18(23-10-14)24-11-19(5-3-6-19)17-15(20)4-2-7-21-17/h2,4,7-10,12H,3,5-6,11H2,1H3,(H,25,26)(H,22,23,24). The fourth-order valence-corrected chi connectivity index (χ4v) is 3.44. The van der Waals surface area contributed by atoms with Crippen LogP contribution in [-0.2, 0) is 10.2 Å². The number of halogens is 1. The van der Waals surface area contributed by atoms with Crippen LogP contribution in [0.2, 0.25) is 0 Å². The zero-order valence-corrected chi connectivity index (χ0v) is 15.4. The number of aromatic amines is 1. The molecule has 1 aliphatic carbocycles. The largest absolute Gasteiger partial charge is 0.353 e. The molecule has 0 spiro atoms. The maximum absolute atomic E-state index is 14.2. The Morgan fingerprint density at radius 3 is 2.68 bits per heavy atom. The topological polar surface area (TPSA) is 99.7 Å². The summed E-state index contributed by atoms with van der Waals surface area (Å²) in [6.45, 7) is 2.35. The minimum atomic E-state index is -0.339. The van der Waals surface area contributed by atoms with E-state index >= 15 is 0 Å². The van der Waals surface area contributed by atoms with E-state index in [1.54, 1.807) is 30.7 Å². The van der Waals surface area contributed by atoms with Crippen molar-refractivity contribution in [3.05, 3.63) is 54.0 Å². The summed E-state index contributed by atoms with van der Waals surface area (Å²) >= 11 is 0. The summed E-state index contributed by atoms with van der Waals surface area (Å²) in [6.07, 6.45) is 8.13. The third-order valence-corrected chi connectivity index (χ3v) is 5.12. The summed E-state index contributed by atoms with van der Waals surface area (Å²) in [7, 11) is 0. The highest BCUT2D eigenvalue weighted by Gasteiger charge is 2.41. The van der Waals surface area contributed by atoms with E-state index < -0.39 is 0 Å². The first-order chi connectivity index (χ1) is 13.6. The second kappa shape index (κ2) is 7.34. The van der Waals surface area contributed by atoms with Crippen molar-refractivity contribution in [2.24, 2.45) is 0 Å². The van der Waals surface area contributed by atoms with Crippen molar-refractivity contribution < 1.29 is 9.18 Å². The Hall–Kier alpha value is -3.36. The van der Waals surface area contributed by atoms with Gasteiger partial charge in [-0.15, -0.1) is 0 Å². The van der Waals surface area contributed by atoms with Crippen LogP contribution in [-0.4, -0.2) is 38.1 Å². The highest BCUT2D eigenvalue weighted by molar-refractivity contribution is 5.84. The third kappa shape index (κ3) is 3.30. The number of hydrogen-bond acceptors (Lipinski definition) is 6. The van der Waals surface area contributed by atoms with Gasteiger partial charge in [0, 0.05) is 29.9 Å². The molecule has 2 N–H and O–H groups in total. The molecule has 0 aliphatic heterocycles. The summed E-state index contributed by atoms with van der Waals surface area (Å²) in [4.78, 5) is 25.6. The second-order valence-electron chi connectivity index (χ2n) is 6.97. The van der Waals surface area contributed by atoms with Crippen molar-refractivity contribution in [3.8, 4) is 0 Å². The normalized spacial score (nSPS) is 14.9. The zero-order chi connectivity index (χ0) is 19.6. The van der Waals surface area contributed by atoms with E-state index in [9.17, 15) is 9.18 Å². The summed E-state index contributed by atoms with van der Waals surface area (Å²) in [5.74, 6) is 0.600. The minimum Gasteiger partial charge on any atom is -0.353 e. The molecule has 28 heavy (non-hydrogen) atoms. The van der Waals surface area contributed by atoms with Crippen molar-refractivity contribution in [2.75, 3.05) is 16.8 Å². The predicted molar refractivity (Wildman–Crippen MR) is 102 cm³/mol. The lowest BCUT2D eigenvalue weighted by Crippen LogP contribution is -2.42. The van der Waals surface area contributed by atoms with Gasteiger partial charge in [0.1, 0.15) is 5.82 Å². The van der Waals surface area contributed by atoms with Crippen molar-refractivity contribution in [1.82, 2.24) is 25.1 Å². The van der Waals surface area contributed by atoms with Gasteiger partial charge in [0.05, 0.1) is 23.8 Å². The summed E-state index contributed by atoms with van der Waals surface area (Å²) < 4.78 is 14.2. The van der Waals surface area contributed by atoms with Crippen LogP contribution in [0.1, 0.15) is 30.7 Å². The maximum Gasteiger partial charge on any atom is 0.222 e. The molecule has 1 fully saturated rings. The average Bonchev–Trinajstić information content (AvgIpc) is 3.10. The molecule has 3 aromatic heterocycles. The molecule has 3 heterocycles. The molecule has 0 bridgehead atoms. The Bertz CT molecular complexity index is 968. The van der Waals surface area contributed by atoms with E-state index in [4.69, 9.17) is 0 Å². The third-order valence-electron chi connectivity index (χ3n) is 5.12. The Morgan fingerprint density at radius 1 is 1.32 bits per heavy atom. The number of nitrogens with zero attached hydrogens (tertiary/aromatic N) is 5. The molecule has 4 rings (SSSR count). The maximum atomic E-state index is 14.2. The number of H-pyrrole nitrogens is 1. The van der Waals surface area contributed by atoms with E-state index in [1.165, 1.54) is 11.0 Å². The molecule has 0 radical (unpaired) electrons. The lowest BCUT2D eigenvalue weighted by atomic mass is 9.66. The first-order valence-electron chi connectivity index (χ1n) is 9.05. The average molecular weight is 381 g/mol. The first-order valence-corrected chi connectivity index (χ1v) is 9.05. The number of carbonyl (C=O) groups excluding carboxylic acids is 1. The highest BCUT2D eigenvalue weighted by Crippen LogP contribution is 2.43. The summed E-state index contributed by atoms with van der Waals surface area (Å²) in [5.41, 5.74) is 1.50. The van der Waals surface area contributed by atoms with Gasteiger partial charge in [-0.1, -0.05) is 6.42 Å². The smallest absolute Gasteiger partial charge is 0.222 e. The van der Waals surface area contributed by atoms with Crippen molar-refractivity contribution in [3.63, 3.8) is 0 Å². The van der Waals surface area contributed by atoms with Crippen LogP contribution in [0, 0.1) is 12.7 Å². The Balaban J connectivity index is 1.47. The molecule has 0 unspecified atom stereocenters. The molecule has 0 atom stereocenters. The van der Waals surface area contributed by atoms with Crippen molar-refractivity contribution >= 4 is 23.9 Å². The number of rotatable bonds is 7. The molecule has 8 nitrogen and oxygen atoms in total. The van der Waals surface area contributed by atoms with Gasteiger partial charge in [0.2, 0.25) is 12.4 Å². The molecular weight excluding hydrogens is 361 g/mol. The lowest BCUT2D eigenvalue weighted by Gasteiger charge is -2.41. The molecule has 1 amide bonds.